The molecule has 104 valence electrons. The van der Waals surface area contributed by atoms with Gasteiger partial charge in [-0.2, -0.15) is 13.2 Å². The Hall–Kier alpha value is -2.30. The van der Waals surface area contributed by atoms with E-state index < -0.39 is 17.7 Å². The van der Waals surface area contributed by atoms with Crippen molar-refractivity contribution >= 4 is 5.97 Å². The Balaban J connectivity index is 2.60. The Morgan fingerprint density at radius 1 is 1.10 bits per heavy atom. The SMILES string of the molecule is Cc1ccc(-c2cccc(C(F)(F)F)c2)c(C(=O)O)c1. The Morgan fingerprint density at radius 2 is 1.80 bits per heavy atom. The number of aryl methyl sites for hydroxylation is 1. The smallest absolute Gasteiger partial charge is 0.416 e. The molecular formula is C15H11F3O2. The first-order valence-corrected chi connectivity index (χ1v) is 5.80. The highest BCUT2D eigenvalue weighted by molar-refractivity contribution is 5.96. The third-order valence-corrected chi connectivity index (χ3v) is 2.91. The fraction of sp³-hybridized carbons (Fsp3) is 0.133. The molecule has 0 atom stereocenters. The van der Waals surface area contributed by atoms with E-state index >= 15 is 0 Å². The molecule has 2 rings (SSSR count). The number of hydrogen-bond donors (Lipinski definition) is 1. The second-order valence-corrected chi connectivity index (χ2v) is 4.43. The van der Waals surface area contributed by atoms with Crippen molar-refractivity contribution in [1.29, 1.82) is 0 Å². The number of carboxylic acids is 1. The van der Waals surface area contributed by atoms with Crippen LogP contribution in [0, 0.1) is 6.92 Å². The van der Waals surface area contributed by atoms with Crippen LogP contribution in [0.25, 0.3) is 11.1 Å². The number of halogens is 3. The van der Waals surface area contributed by atoms with Gasteiger partial charge in [0.2, 0.25) is 0 Å². The first kappa shape index (κ1) is 14.1. The molecule has 0 bridgehead atoms. The van der Waals surface area contributed by atoms with Crippen molar-refractivity contribution < 1.29 is 23.1 Å². The van der Waals surface area contributed by atoms with Gasteiger partial charge in [0.25, 0.3) is 0 Å². The molecule has 1 N–H and O–H groups in total. The van der Waals surface area contributed by atoms with E-state index in [0.717, 1.165) is 17.7 Å². The largest absolute Gasteiger partial charge is 0.478 e. The quantitative estimate of drug-likeness (QED) is 0.886. The average Bonchev–Trinajstić information content (AvgIpc) is 2.37. The number of benzene rings is 2. The monoisotopic (exact) mass is 280 g/mol. The summed E-state index contributed by atoms with van der Waals surface area (Å²) in [4.78, 5) is 11.2. The van der Waals surface area contributed by atoms with Crippen LogP contribution in [0.1, 0.15) is 21.5 Å². The van der Waals surface area contributed by atoms with Gasteiger partial charge in [-0.15, -0.1) is 0 Å². The molecule has 0 aliphatic rings. The molecule has 2 aromatic carbocycles. The maximum atomic E-state index is 12.7. The molecular weight excluding hydrogens is 269 g/mol. The van der Waals surface area contributed by atoms with Crippen molar-refractivity contribution in [2.24, 2.45) is 0 Å². The van der Waals surface area contributed by atoms with Crippen molar-refractivity contribution in [3.63, 3.8) is 0 Å². The summed E-state index contributed by atoms with van der Waals surface area (Å²) in [6, 6.07) is 9.28. The molecule has 20 heavy (non-hydrogen) atoms. The van der Waals surface area contributed by atoms with Crippen molar-refractivity contribution in [1.82, 2.24) is 0 Å². The molecule has 0 amide bonds. The minimum atomic E-state index is -4.45. The normalized spacial score (nSPS) is 11.4. The summed E-state index contributed by atoms with van der Waals surface area (Å²) >= 11 is 0. The summed E-state index contributed by atoms with van der Waals surface area (Å²) < 4.78 is 38.1. The van der Waals surface area contributed by atoms with Crippen LogP contribution in [-0.2, 0) is 6.18 Å². The zero-order valence-electron chi connectivity index (χ0n) is 10.5. The maximum absolute atomic E-state index is 12.7. The van der Waals surface area contributed by atoms with Crippen molar-refractivity contribution in [2.75, 3.05) is 0 Å². The van der Waals surface area contributed by atoms with Gasteiger partial charge in [-0.3, -0.25) is 0 Å². The minimum absolute atomic E-state index is 0.00988. The third-order valence-electron chi connectivity index (χ3n) is 2.91. The summed E-state index contributed by atoms with van der Waals surface area (Å²) in [5.74, 6) is -1.17. The zero-order chi connectivity index (χ0) is 14.9. The second kappa shape index (κ2) is 5.00. The molecule has 0 saturated carbocycles. The lowest BCUT2D eigenvalue weighted by atomic mass is 9.96. The molecule has 0 saturated heterocycles. The van der Waals surface area contributed by atoms with Gasteiger partial charge >= 0.3 is 12.1 Å². The fourth-order valence-corrected chi connectivity index (χ4v) is 1.95. The van der Waals surface area contributed by atoms with E-state index in [2.05, 4.69) is 0 Å². The van der Waals surface area contributed by atoms with E-state index in [1.54, 1.807) is 13.0 Å². The number of carbonyl (C=O) groups is 1. The maximum Gasteiger partial charge on any atom is 0.416 e. The van der Waals surface area contributed by atoms with E-state index in [9.17, 15) is 18.0 Å². The van der Waals surface area contributed by atoms with E-state index in [0.29, 0.717) is 0 Å². The average molecular weight is 280 g/mol. The highest BCUT2D eigenvalue weighted by Gasteiger charge is 2.30. The van der Waals surface area contributed by atoms with E-state index in [4.69, 9.17) is 5.11 Å². The molecule has 0 aliphatic heterocycles. The standard InChI is InChI=1S/C15H11F3O2/c1-9-5-6-12(13(7-9)14(19)20)10-3-2-4-11(8-10)15(16,17)18/h2-8H,1H3,(H,19,20). The van der Waals surface area contributed by atoms with Gasteiger partial charge in [0.1, 0.15) is 0 Å². The van der Waals surface area contributed by atoms with Crippen LogP contribution in [-0.4, -0.2) is 11.1 Å². The minimum Gasteiger partial charge on any atom is -0.478 e. The van der Waals surface area contributed by atoms with E-state index in [1.165, 1.54) is 24.3 Å². The summed E-state index contributed by atoms with van der Waals surface area (Å²) in [5, 5.41) is 9.16. The molecule has 2 nitrogen and oxygen atoms in total. The lowest BCUT2D eigenvalue weighted by molar-refractivity contribution is -0.137. The molecule has 2 aromatic rings. The van der Waals surface area contributed by atoms with Crippen LogP contribution in [0.3, 0.4) is 0 Å². The Morgan fingerprint density at radius 3 is 2.40 bits per heavy atom. The van der Waals surface area contributed by atoms with Crippen LogP contribution in [0.2, 0.25) is 0 Å². The topological polar surface area (TPSA) is 37.3 Å². The Bertz CT molecular complexity index is 660. The van der Waals surface area contributed by atoms with Crippen LogP contribution < -0.4 is 0 Å². The van der Waals surface area contributed by atoms with E-state index in [-0.39, 0.29) is 16.7 Å². The van der Waals surface area contributed by atoms with Crippen LogP contribution in [0.4, 0.5) is 13.2 Å². The van der Waals surface area contributed by atoms with Crippen molar-refractivity contribution in [3.05, 3.63) is 59.2 Å². The van der Waals surface area contributed by atoms with Crippen molar-refractivity contribution in [2.45, 2.75) is 13.1 Å². The van der Waals surface area contributed by atoms with Gasteiger partial charge in [-0.1, -0.05) is 29.8 Å². The Kier molecular flexibility index (Phi) is 3.53. The summed E-state index contributed by atoms with van der Waals surface area (Å²) in [6.45, 7) is 1.72. The molecule has 0 fully saturated rings. The summed E-state index contributed by atoms with van der Waals surface area (Å²) in [5.41, 5.74) is 0.431. The van der Waals surface area contributed by atoms with Gasteiger partial charge in [-0.05, 0) is 36.2 Å². The predicted molar refractivity (Wildman–Crippen MR) is 68.6 cm³/mol. The summed E-state index contributed by atoms with van der Waals surface area (Å²) in [6.07, 6.45) is -4.45. The van der Waals surface area contributed by atoms with Crippen LogP contribution >= 0.6 is 0 Å². The second-order valence-electron chi connectivity index (χ2n) is 4.43. The molecule has 0 aromatic heterocycles. The van der Waals surface area contributed by atoms with Crippen LogP contribution in [0.5, 0.6) is 0 Å². The molecule has 0 radical (unpaired) electrons. The van der Waals surface area contributed by atoms with Gasteiger partial charge in [0.05, 0.1) is 11.1 Å². The van der Waals surface area contributed by atoms with Gasteiger partial charge in [-0.25, -0.2) is 4.79 Å². The lowest BCUT2D eigenvalue weighted by Crippen LogP contribution is -2.05. The number of carboxylic acid groups (broad SMARTS) is 1. The highest BCUT2D eigenvalue weighted by Crippen LogP contribution is 2.33. The number of rotatable bonds is 2. The fourth-order valence-electron chi connectivity index (χ4n) is 1.95. The first-order valence-electron chi connectivity index (χ1n) is 5.80. The molecule has 0 unspecified atom stereocenters. The van der Waals surface area contributed by atoms with Gasteiger partial charge in [0, 0.05) is 0 Å². The zero-order valence-corrected chi connectivity index (χ0v) is 10.5. The van der Waals surface area contributed by atoms with Crippen molar-refractivity contribution in [3.8, 4) is 11.1 Å². The summed E-state index contributed by atoms with van der Waals surface area (Å²) in [7, 11) is 0. The molecule has 5 heteroatoms. The number of alkyl halides is 3. The van der Waals surface area contributed by atoms with E-state index in [1.807, 2.05) is 0 Å². The molecule has 0 spiro atoms. The number of hydrogen-bond acceptors (Lipinski definition) is 1. The highest BCUT2D eigenvalue weighted by atomic mass is 19.4. The Labute approximate surface area is 113 Å². The predicted octanol–water partition coefficient (Wildman–Crippen LogP) is 4.38. The lowest BCUT2D eigenvalue weighted by Gasteiger charge is -2.11. The molecule has 0 heterocycles. The first-order chi connectivity index (χ1) is 9.29. The van der Waals surface area contributed by atoms with Gasteiger partial charge < -0.3 is 5.11 Å². The van der Waals surface area contributed by atoms with Crippen LogP contribution in [0.15, 0.2) is 42.5 Å². The van der Waals surface area contributed by atoms with Gasteiger partial charge in [0.15, 0.2) is 0 Å². The third kappa shape index (κ3) is 2.82. The number of aromatic carboxylic acids is 1. The molecule has 0 aliphatic carbocycles.